The Morgan fingerprint density at radius 3 is 1.82 bits per heavy atom. The van der Waals surface area contributed by atoms with Crippen LogP contribution in [0.5, 0.6) is 0 Å². The van der Waals surface area contributed by atoms with Crippen molar-refractivity contribution in [1.29, 1.82) is 0 Å². The summed E-state index contributed by atoms with van der Waals surface area (Å²) in [5.41, 5.74) is 0.919. The SMILES string of the molecule is CC(C)(C)C1(C)CCOCC1. The highest BCUT2D eigenvalue weighted by Crippen LogP contribution is 2.45. The van der Waals surface area contributed by atoms with E-state index in [1.54, 1.807) is 0 Å². The smallest absolute Gasteiger partial charge is 0.0471 e. The van der Waals surface area contributed by atoms with E-state index in [1.807, 2.05) is 0 Å². The maximum Gasteiger partial charge on any atom is 0.0471 e. The maximum atomic E-state index is 5.36. The Morgan fingerprint density at radius 2 is 1.55 bits per heavy atom. The molecule has 1 aliphatic rings. The van der Waals surface area contributed by atoms with Crippen molar-refractivity contribution in [2.75, 3.05) is 13.2 Å². The zero-order chi connectivity index (χ0) is 8.54. The second kappa shape index (κ2) is 2.78. The van der Waals surface area contributed by atoms with Crippen LogP contribution in [0.2, 0.25) is 0 Å². The zero-order valence-corrected chi connectivity index (χ0v) is 8.24. The van der Waals surface area contributed by atoms with Crippen molar-refractivity contribution in [3.63, 3.8) is 0 Å². The standard InChI is InChI=1S/C10H20O/c1-9(2,3)10(4)5-7-11-8-6-10/h5-8H2,1-4H3. The summed E-state index contributed by atoms with van der Waals surface area (Å²) in [7, 11) is 0. The molecule has 0 atom stereocenters. The van der Waals surface area contributed by atoms with Gasteiger partial charge in [-0.25, -0.2) is 0 Å². The first-order chi connectivity index (χ1) is 4.96. The van der Waals surface area contributed by atoms with Crippen LogP contribution in [0.3, 0.4) is 0 Å². The predicted molar refractivity (Wildman–Crippen MR) is 47.6 cm³/mol. The maximum absolute atomic E-state index is 5.36. The van der Waals surface area contributed by atoms with Gasteiger partial charge >= 0.3 is 0 Å². The van der Waals surface area contributed by atoms with Crippen molar-refractivity contribution in [3.05, 3.63) is 0 Å². The molecule has 0 radical (unpaired) electrons. The minimum Gasteiger partial charge on any atom is -0.381 e. The molecule has 1 heterocycles. The third kappa shape index (κ3) is 1.76. The van der Waals surface area contributed by atoms with Crippen molar-refractivity contribution in [1.82, 2.24) is 0 Å². The second-order valence-corrected chi connectivity index (χ2v) is 4.92. The van der Waals surface area contributed by atoms with Gasteiger partial charge in [0.15, 0.2) is 0 Å². The first-order valence-corrected chi connectivity index (χ1v) is 4.53. The third-order valence-electron chi connectivity index (χ3n) is 3.41. The largest absolute Gasteiger partial charge is 0.381 e. The third-order valence-corrected chi connectivity index (χ3v) is 3.41. The van der Waals surface area contributed by atoms with Gasteiger partial charge in [-0.05, 0) is 23.7 Å². The van der Waals surface area contributed by atoms with Gasteiger partial charge in [-0.3, -0.25) is 0 Å². The Labute approximate surface area is 70.1 Å². The molecule has 0 aromatic heterocycles. The Balaban J connectivity index is 2.64. The lowest BCUT2D eigenvalue weighted by atomic mass is 9.64. The van der Waals surface area contributed by atoms with Crippen LogP contribution >= 0.6 is 0 Å². The fraction of sp³-hybridized carbons (Fsp3) is 1.00. The van der Waals surface area contributed by atoms with Gasteiger partial charge in [-0.15, -0.1) is 0 Å². The van der Waals surface area contributed by atoms with Crippen LogP contribution in [-0.2, 0) is 4.74 Å². The number of hydrogen-bond donors (Lipinski definition) is 0. The molecule has 0 N–H and O–H groups in total. The summed E-state index contributed by atoms with van der Waals surface area (Å²) in [5, 5.41) is 0. The van der Waals surface area contributed by atoms with Crippen molar-refractivity contribution in [2.45, 2.75) is 40.5 Å². The normalized spacial score (nSPS) is 25.1. The number of rotatable bonds is 0. The van der Waals surface area contributed by atoms with Gasteiger partial charge in [0.25, 0.3) is 0 Å². The molecule has 0 aromatic carbocycles. The quantitative estimate of drug-likeness (QED) is 0.524. The fourth-order valence-electron chi connectivity index (χ4n) is 1.57. The van der Waals surface area contributed by atoms with E-state index in [0.717, 1.165) is 13.2 Å². The molecule has 1 aliphatic heterocycles. The molecule has 1 nitrogen and oxygen atoms in total. The average Bonchev–Trinajstić information content (AvgIpc) is 1.87. The zero-order valence-electron chi connectivity index (χ0n) is 8.24. The van der Waals surface area contributed by atoms with E-state index in [2.05, 4.69) is 27.7 Å². The van der Waals surface area contributed by atoms with E-state index >= 15 is 0 Å². The highest BCUT2D eigenvalue weighted by atomic mass is 16.5. The predicted octanol–water partition coefficient (Wildman–Crippen LogP) is 2.85. The van der Waals surface area contributed by atoms with Crippen molar-refractivity contribution in [2.24, 2.45) is 10.8 Å². The van der Waals surface area contributed by atoms with E-state index in [0.29, 0.717) is 10.8 Å². The van der Waals surface area contributed by atoms with E-state index in [-0.39, 0.29) is 0 Å². The van der Waals surface area contributed by atoms with Gasteiger partial charge in [0, 0.05) is 13.2 Å². The lowest BCUT2D eigenvalue weighted by Gasteiger charge is -2.44. The summed E-state index contributed by atoms with van der Waals surface area (Å²) in [6.45, 7) is 11.3. The lowest BCUT2D eigenvalue weighted by molar-refractivity contribution is -0.0342. The summed E-state index contributed by atoms with van der Waals surface area (Å²) in [6.07, 6.45) is 2.44. The molecule has 1 rings (SSSR count). The Hall–Kier alpha value is -0.0400. The van der Waals surface area contributed by atoms with Crippen LogP contribution in [0.15, 0.2) is 0 Å². The Kier molecular flexibility index (Phi) is 2.29. The van der Waals surface area contributed by atoms with E-state index < -0.39 is 0 Å². The molecule has 11 heavy (non-hydrogen) atoms. The second-order valence-electron chi connectivity index (χ2n) is 4.92. The van der Waals surface area contributed by atoms with Gasteiger partial charge < -0.3 is 4.74 Å². The summed E-state index contributed by atoms with van der Waals surface area (Å²) in [6, 6.07) is 0. The van der Waals surface area contributed by atoms with Crippen LogP contribution in [0.25, 0.3) is 0 Å². The Bertz CT molecular complexity index is 126. The molecule has 0 unspecified atom stereocenters. The van der Waals surface area contributed by atoms with Crippen LogP contribution in [-0.4, -0.2) is 13.2 Å². The van der Waals surface area contributed by atoms with Crippen molar-refractivity contribution in [3.8, 4) is 0 Å². The molecule has 1 fully saturated rings. The molecule has 0 amide bonds. The minimum atomic E-state index is 0.427. The van der Waals surface area contributed by atoms with Crippen LogP contribution in [0.1, 0.15) is 40.5 Å². The first kappa shape index (κ1) is 9.05. The molecular weight excluding hydrogens is 136 g/mol. The molecule has 0 aromatic rings. The first-order valence-electron chi connectivity index (χ1n) is 4.53. The van der Waals surface area contributed by atoms with Crippen molar-refractivity contribution < 1.29 is 4.74 Å². The van der Waals surface area contributed by atoms with Crippen LogP contribution < -0.4 is 0 Å². The van der Waals surface area contributed by atoms with Gasteiger partial charge in [0.05, 0.1) is 0 Å². The topological polar surface area (TPSA) is 9.23 Å². The summed E-state index contributed by atoms with van der Waals surface area (Å²) in [5.74, 6) is 0. The average molecular weight is 156 g/mol. The molecule has 0 spiro atoms. The minimum absolute atomic E-state index is 0.427. The Morgan fingerprint density at radius 1 is 1.09 bits per heavy atom. The monoisotopic (exact) mass is 156 g/mol. The molecule has 1 heteroatoms. The lowest BCUT2D eigenvalue weighted by Crippen LogP contribution is -2.38. The molecule has 66 valence electrons. The molecule has 0 aliphatic carbocycles. The van der Waals surface area contributed by atoms with Crippen LogP contribution in [0.4, 0.5) is 0 Å². The highest BCUT2D eigenvalue weighted by Gasteiger charge is 2.38. The van der Waals surface area contributed by atoms with E-state index in [1.165, 1.54) is 12.8 Å². The summed E-state index contributed by atoms with van der Waals surface area (Å²) in [4.78, 5) is 0. The molecule has 0 bridgehead atoms. The van der Waals surface area contributed by atoms with E-state index in [9.17, 15) is 0 Å². The highest BCUT2D eigenvalue weighted by molar-refractivity contribution is 4.87. The van der Waals surface area contributed by atoms with E-state index in [4.69, 9.17) is 4.74 Å². The fourth-order valence-corrected chi connectivity index (χ4v) is 1.57. The number of hydrogen-bond acceptors (Lipinski definition) is 1. The van der Waals surface area contributed by atoms with Gasteiger partial charge in [-0.1, -0.05) is 27.7 Å². The van der Waals surface area contributed by atoms with Gasteiger partial charge in [0.2, 0.25) is 0 Å². The van der Waals surface area contributed by atoms with Crippen LogP contribution in [0, 0.1) is 10.8 Å². The van der Waals surface area contributed by atoms with Crippen molar-refractivity contribution >= 4 is 0 Å². The summed E-state index contributed by atoms with van der Waals surface area (Å²) < 4.78 is 5.36. The summed E-state index contributed by atoms with van der Waals surface area (Å²) >= 11 is 0. The molecular formula is C10H20O. The number of ether oxygens (including phenoxy) is 1. The molecule has 1 saturated heterocycles. The molecule has 0 saturated carbocycles. The van der Waals surface area contributed by atoms with Gasteiger partial charge in [-0.2, -0.15) is 0 Å². The van der Waals surface area contributed by atoms with Gasteiger partial charge in [0.1, 0.15) is 0 Å².